The molecule has 0 unspecified atom stereocenters. The number of benzene rings is 4. The van der Waals surface area contributed by atoms with Gasteiger partial charge >= 0.3 is 0 Å². The number of halogens is 1. The van der Waals surface area contributed by atoms with Crippen molar-refractivity contribution in [1.29, 1.82) is 0 Å². The first-order valence-corrected chi connectivity index (χ1v) is 8.35. The van der Waals surface area contributed by atoms with E-state index in [0.29, 0.717) is 0 Å². The van der Waals surface area contributed by atoms with Gasteiger partial charge in [0.2, 0.25) is 0 Å². The van der Waals surface area contributed by atoms with Crippen molar-refractivity contribution >= 4 is 44.9 Å². The van der Waals surface area contributed by atoms with Gasteiger partial charge in [-0.05, 0) is 51.9 Å². The average molecular weight is 321 g/mol. The van der Waals surface area contributed by atoms with Crippen LogP contribution in [-0.4, -0.2) is 0 Å². The normalized spacial score (nSPS) is 11.1. The fourth-order valence-electron chi connectivity index (χ4n) is 2.70. The molecule has 22 heavy (non-hydrogen) atoms. The Kier molecular flexibility index (Phi) is 3.53. The van der Waals surface area contributed by atoms with Gasteiger partial charge in [-0.1, -0.05) is 71.9 Å². The van der Waals surface area contributed by atoms with Crippen molar-refractivity contribution in [2.24, 2.45) is 0 Å². The van der Waals surface area contributed by atoms with E-state index in [9.17, 15) is 0 Å². The third kappa shape index (κ3) is 2.47. The molecule has 0 amide bonds. The summed E-state index contributed by atoms with van der Waals surface area (Å²) in [5, 5.41) is 5.91. The number of hydrogen-bond donors (Lipinski definition) is 0. The van der Waals surface area contributed by atoms with Gasteiger partial charge in [0.1, 0.15) is 0 Å². The molecule has 0 heterocycles. The number of fused-ring (bicyclic) bond motifs is 2. The SMILES string of the molecule is Clc1ccc(Sc2c3ccccc3cc3ccccc23)cc1. The molecule has 0 fully saturated rings. The molecule has 0 aliphatic carbocycles. The monoisotopic (exact) mass is 320 g/mol. The molecular formula is C20H13ClS. The smallest absolute Gasteiger partial charge is 0.0406 e. The predicted molar refractivity (Wildman–Crippen MR) is 97.0 cm³/mol. The lowest BCUT2D eigenvalue weighted by Crippen LogP contribution is -1.83. The quantitative estimate of drug-likeness (QED) is 0.366. The van der Waals surface area contributed by atoms with Crippen LogP contribution in [0.1, 0.15) is 0 Å². The lowest BCUT2D eigenvalue weighted by molar-refractivity contribution is 1.45. The van der Waals surface area contributed by atoms with Crippen molar-refractivity contribution in [3.8, 4) is 0 Å². The molecule has 0 aromatic heterocycles. The maximum atomic E-state index is 6.00. The third-order valence-corrected chi connectivity index (χ3v) is 5.16. The standard InChI is InChI=1S/C20H13ClS/c21-16-9-11-17(12-10-16)22-20-18-7-3-1-5-14(18)13-15-6-2-4-8-19(15)20/h1-13H. The highest BCUT2D eigenvalue weighted by molar-refractivity contribution is 7.99. The van der Waals surface area contributed by atoms with Crippen molar-refractivity contribution < 1.29 is 0 Å². The van der Waals surface area contributed by atoms with Crippen LogP contribution in [0.4, 0.5) is 0 Å². The Morgan fingerprint density at radius 3 is 1.77 bits per heavy atom. The highest BCUT2D eigenvalue weighted by Gasteiger charge is 2.08. The maximum Gasteiger partial charge on any atom is 0.0406 e. The van der Waals surface area contributed by atoms with Crippen LogP contribution in [0.25, 0.3) is 21.5 Å². The first-order valence-electron chi connectivity index (χ1n) is 7.15. The highest BCUT2D eigenvalue weighted by atomic mass is 35.5. The third-order valence-electron chi connectivity index (χ3n) is 3.76. The van der Waals surface area contributed by atoms with Crippen molar-refractivity contribution in [2.45, 2.75) is 9.79 Å². The van der Waals surface area contributed by atoms with Gasteiger partial charge in [0.15, 0.2) is 0 Å². The van der Waals surface area contributed by atoms with E-state index in [1.807, 2.05) is 12.1 Å². The summed E-state index contributed by atoms with van der Waals surface area (Å²) < 4.78 is 0. The van der Waals surface area contributed by atoms with E-state index >= 15 is 0 Å². The summed E-state index contributed by atoms with van der Waals surface area (Å²) in [5.74, 6) is 0. The van der Waals surface area contributed by atoms with E-state index < -0.39 is 0 Å². The summed E-state index contributed by atoms with van der Waals surface area (Å²) in [5.41, 5.74) is 0. The van der Waals surface area contributed by atoms with Crippen LogP contribution in [0.2, 0.25) is 5.02 Å². The molecule has 2 heteroatoms. The second-order valence-electron chi connectivity index (χ2n) is 5.20. The first-order chi connectivity index (χ1) is 10.8. The van der Waals surface area contributed by atoms with Crippen LogP contribution in [0.15, 0.2) is 88.7 Å². The Labute approximate surface area is 138 Å². The summed E-state index contributed by atoms with van der Waals surface area (Å²) in [4.78, 5) is 2.50. The minimum absolute atomic E-state index is 0.770. The molecule has 0 aliphatic rings. The van der Waals surface area contributed by atoms with Crippen molar-refractivity contribution in [1.82, 2.24) is 0 Å². The summed E-state index contributed by atoms with van der Waals surface area (Å²) in [7, 11) is 0. The van der Waals surface area contributed by atoms with Crippen molar-refractivity contribution in [2.75, 3.05) is 0 Å². The van der Waals surface area contributed by atoms with Crippen LogP contribution in [0, 0.1) is 0 Å². The second kappa shape index (κ2) is 5.68. The maximum absolute atomic E-state index is 6.00. The molecule has 0 saturated carbocycles. The molecule has 0 radical (unpaired) electrons. The van der Waals surface area contributed by atoms with Gasteiger partial charge < -0.3 is 0 Å². The van der Waals surface area contributed by atoms with Crippen LogP contribution >= 0.6 is 23.4 Å². The van der Waals surface area contributed by atoms with Gasteiger partial charge in [0.25, 0.3) is 0 Å². The molecule has 0 spiro atoms. The molecule has 4 aromatic carbocycles. The molecule has 0 aliphatic heterocycles. The Bertz CT molecular complexity index is 904. The second-order valence-corrected chi connectivity index (χ2v) is 6.72. The minimum atomic E-state index is 0.770. The molecule has 0 bridgehead atoms. The summed E-state index contributed by atoms with van der Waals surface area (Å²) >= 11 is 7.79. The fraction of sp³-hybridized carbons (Fsp3) is 0. The molecule has 0 N–H and O–H groups in total. The lowest BCUT2D eigenvalue weighted by atomic mass is 10.0. The molecule has 0 nitrogen and oxygen atoms in total. The van der Waals surface area contributed by atoms with Crippen LogP contribution in [0.3, 0.4) is 0 Å². The Morgan fingerprint density at radius 1 is 0.636 bits per heavy atom. The van der Waals surface area contributed by atoms with Crippen molar-refractivity contribution in [3.05, 3.63) is 83.9 Å². The Balaban J connectivity index is 1.97. The minimum Gasteiger partial charge on any atom is -0.0888 e. The van der Waals surface area contributed by atoms with Crippen molar-refractivity contribution in [3.63, 3.8) is 0 Å². The average Bonchev–Trinajstić information content (AvgIpc) is 2.56. The zero-order valence-corrected chi connectivity index (χ0v) is 13.4. The topological polar surface area (TPSA) is 0 Å². The summed E-state index contributed by atoms with van der Waals surface area (Å²) in [6, 6.07) is 27.4. The highest BCUT2D eigenvalue weighted by Crippen LogP contribution is 2.39. The van der Waals surface area contributed by atoms with Gasteiger partial charge in [-0.15, -0.1) is 0 Å². The number of hydrogen-bond acceptors (Lipinski definition) is 1. The van der Waals surface area contributed by atoms with E-state index in [0.717, 1.165) is 5.02 Å². The van der Waals surface area contributed by atoms with E-state index in [-0.39, 0.29) is 0 Å². The zero-order chi connectivity index (χ0) is 14.9. The summed E-state index contributed by atoms with van der Waals surface area (Å²) in [6.45, 7) is 0. The lowest BCUT2D eigenvalue weighted by Gasteiger charge is -2.11. The molecule has 0 atom stereocenters. The molecule has 4 aromatic rings. The van der Waals surface area contributed by atoms with Crippen LogP contribution in [0.5, 0.6) is 0 Å². The molecule has 106 valence electrons. The van der Waals surface area contributed by atoms with Gasteiger partial charge in [0.05, 0.1) is 0 Å². The predicted octanol–water partition coefficient (Wildman–Crippen LogP) is 6.80. The fourth-order valence-corrected chi connectivity index (χ4v) is 3.93. The molecule has 4 rings (SSSR count). The van der Waals surface area contributed by atoms with E-state index in [1.54, 1.807) is 11.8 Å². The van der Waals surface area contributed by atoms with Gasteiger partial charge in [-0.2, -0.15) is 0 Å². The van der Waals surface area contributed by atoms with E-state index in [4.69, 9.17) is 11.6 Å². The zero-order valence-electron chi connectivity index (χ0n) is 11.8. The molecule has 0 saturated heterocycles. The first kappa shape index (κ1) is 13.7. The van der Waals surface area contributed by atoms with Gasteiger partial charge in [-0.3, -0.25) is 0 Å². The van der Waals surface area contributed by atoms with Gasteiger partial charge in [-0.25, -0.2) is 0 Å². The largest absolute Gasteiger partial charge is 0.0888 e. The van der Waals surface area contributed by atoms with Crippen LogP contribution < -0.4 is 0 Å². The van der Waals surface area contributed by atoms with E-state index in [2.05, 4.69) is 66.7 Å². The Hall–Kier alpha value is -1.96. The van der Waals surface area contributed by atoms with Crippen LogP contribution in [-0.2, 0) is 0 Å². The van der Waals surface area contributed by atoms with E-state index in [1.165, 1.54) is 31.3 Å². The molecular weight excluding hydrogens is 308 g/mol. The summed E-state index contributed by atoms with van der Waals surface area (Å²) in [6.07, 6.45) is 0. The number of rotatable bonds is 2. The van der Waals surface area contributed by atoms with Gasteiger partial charge in [0, 0.05) is 14.8 Å². The Morgan fingerprint density at radius 2 is 1.18 bits per heavy atom.